The molecular weight excluding hydrogens is 260 g/mol. The predicted molar refractivity (Wildman–Crippen MR) is 71.7 cm³/mol. The lowest BCUT2D eigenvalue weighted by atomic mass is 10.1. The quantitative estimate of drug-likeness (QED) is 0.831. The lowest BCUT2D eigenvalue weighted by Gasteiger charge is -2.14. The molecule has 110 valence electrons. The van der Waals surface area contributed by atoms with Crippen LogP contribution in [0, 0.1) is 0 Å². The first-order valence-electron chi connectivity index (χ1n) is 6.84. The molecular formula is C14H20N2O4. The Hall–Kier alpha value is -1.02. The summed E-state index contributed by atoms with van der Waals surface area (Å²) >= 11 is 0. The summed E-state index contributed by atoms with van der Waals surface area (Å²) in [5.74, 6) is 0. The minimum atomic E-state index is -0.334. The first-order valence-corrected chi connectivity index (χ1v) is 6.84. The van der Waals surface area contributed by atoms with E-state index in [1.165, 1.54) is 0 Å². The molecule has 4 N–H and O–H groups in total. The fraction of sp³-hybridized carbons (Fsp3) is 0.571. The SMILES string of the molecule is NCC1COC(c2ccc(C3OCC(CN)O3)cc2)O1. The van der Waals surface area contributed by atoms with Crippen molar-refractivity contribution in [3.63, 3.8) is 0 Å². The molecule has 2 heterocycles. The lowest BCUT2D eigenvalue weighted by molar-refractivity contribution is -0.0611. The molecule has 20 heavy (non-hydrogen) atoms. The van der Waals surface area contributed by atoms with Crippen molar-refractivity contribution in [3.8, 4) is 0 Å². The maximum Gasteiger partial charge on any atom is 0.184 e. The molecule has 3 rings (SSSR count). The van der Waals surface area contributed by atoms with Gasteiger partial charge in [0.05, 0.1) is 25.4 Å². The number of benzene rings is 1. The van der Waals surface area contributed by atoms with E-state index in [4.69, 9.17) is 30.4 Å². The molecule has 6 heteroatoms. The molecule has 1 aromatic rings. The van der Waals surface area contributed by atoms with Crippen LogP contribution in [-0.4, -0.2) is 38.5 Å². The van der Waals surface area contributed by atoms with Gasteiger partial charge in [0.1, 0.15) is 0 Å². The topological polar surface area (TPSA) is 89.0 Å². The van der Waals surface area contributed by atoms with Crippen LogP contribution in [0.5, 0.6) is 0 Å². The Balaban J connectivity index is 1.63. The molecule has 0 spiro atoms. The van der Waals surface area contributed by atoms with E-state index >= 15 is 0 Å². The zero-order chi connectivity index (χ0) is 13.9. The second-order valence-corrected chi connectivity index (χ2v) is 4.98. The van der Waals surface area contributed by atoms with E-state index in [2.05, 4.69) is 0 Å². The van der Waals surface area contributed by atoms with Gasteiger partial charge in [0, 0.05) is 24.2 Å². The van der Waals surface area contributed by atoms with Crippen LogP contribution in [0.3, 0.4) is 0 Å². The highest BCUT2D eigenvalue weighted by Gasteiger charge is 2.28. The van der Waals surface area contributed by atoms with Crippen molar-refractivity contribution in [2.45, 2.75) is 24.8 Å². The fourth-order valence-corrected chi connectivity index (χ4v) is 2.30. The van der Waals surface area contributed by atoms with Gasteiger partial charge in [0.2, 0.25) is 0 Å². The van der Waals surface area contributed by atoms with Gasteiger partial charge >= 0.3 is 0 Å². The van der Waals surface area contributed by atoms with E-state index in [1.807, 2.05) is 24.3 Å². The second kappa shape index (κ2) is 6.17. The largest absolute Gasteiger partial charge is 0.346 e. The van der Waals surface area contributed by atoms with E-state index in [0.717, 1.165) is 11.1 Å². The number of hydrogen-bond donors (Lipinski definition) is 2. The Bertz CT molecular complexity index is 398. The zero-order valence-corrected chi connectivity index (χ0v) is 11.2. The first-order chi connectivity index (χ1) is 9.80. The molecule has 0 bridgehead atoms. The van der Waals surface area contributed by atoms with Crippen LogP contribution in [-0.2, 0) is 18.9 Å². The van der Waals surface area contributed by atoms with Crippen molar-refractivity contribution >= 4 is 0 Å². The van der Waals surface area contributed by atoms with Gasteiger partial charge in [-0.25, -0.2) is 0 Å². The Morgan fingerprint density at radius 3 is 1.50 bits per heavy atom. The van der Waals surface area contributed by atoms with Crippen LogP contribution in [0.15, 0.2) is 24.3 Å². The van der Waals surface area contributed by atoms with E-state index in [1.54, 1.807) is 0 Å². The van der Waals surface area contributed by atoms with Crippen LogP contribution in [0.2, 0.25) is 0 Å². The first kappa shape index (κ1) is 13.9. The number of ether oxygens (including phenoxy) is 4. The summed E-state index contributed by atoms with van der Waals surface area (Å²) in [7, 11) is 0. The standard InChI is InChI=1S/C14H20N2O4/c15-5-11-7-17-13(19-11)9-1-2-10(4-3-9)14-18-8-12(6-16)20-14/h1-4,11-14H,5-8,15-16H2. The van der Waals surface area contributed by atoms with Gasteiger partial charge in [-0.15, -0.1) is 0 Å². The molecule has 4 atom stereocenters. The maximum atomic E-state index is 5.67. The average molecular weight is 280 g/mol. The summed E-state index contributed by atoms with van der Waals surface area (Å²) in [5, 5.41) is 0. The molecule has 2 aliphatic rings. The van der Waals surface area contributed by atoms with E-state index < -0.39 is 0 Å². The van der Waals surface area contributed by atoms with E-state index in [9.17, 15) is 0 Å². The molecule has 0 radical (unpaired) electrons. The van der Waals surface area contributed by atoms with E-state index in [-0.39, 0.29) is 24.8 Å². The van der Waals surface area contributed by atoms with Crippen LogP contribution in [0.1, 0.15) is 23.7 Å². The molecule has 0 aromatic heterocycles. The van der Waals surface area contributed by atoms with Gasteiger partial charge in [-0.05, 0) is 0 Å². The Morgan fingerprint density at radius 2 is 1.20 bits per heavy atom. The van der Waals surface area contributed by atoms with Crippen molar-refractivity contribution in [1.82, 2.24) is 0 Å². The maximum absolute atomic E-state index is 5.67. The second-order valence-electron chi connectivity index (χ2n) is 4.98. The summed E-state index contributed by atoms with van der Waals surface area (Å²) in [6.07, 6.45) is -0.711. The Morgan fingerprint density at radius 1 is 0.800 bits per heavy atom. The summed E-state index contributed by atoms with van der Waals surface area (Å²) in [6.45, 7) is 2.02. The smallest absolute Gasteiger partial charge is 0.184 e. The molecule has 0 saturated carbocycles. The monoisotopic (exact) mass is 280 g/mol. The fourth-order valence-electron chi connectivity index (χ4n) is 2.30. The van der Waals surface area contributed by atoms with Gasteiger partial charge in [0.25, 0.3) is 0 Å². The van der Waals surface area contributed by atoms with E-state index in [0.29, 0.717) is 26.3 Å². The molecule has 2 saturated heterocycles. The van der Waals surface area contributed by atoms with Crippen molar-refractivity contribution in [3.05, 3.63) is 35.4 Å². The molecule has 0 amide bonds. The zero-order valence-electron chi connectivity index (χ0n) is 11.2. The highest BCUT2D eigenvalue weighted by atomic mass is 16.7. The minimum Gasteiger partial charge on any atom is -0.346 e. The van der Waals surface area contributed by atoms with Crippen molar-refractivity contribution in [2.24, 2.45) is 11.5 Å². The summed E-state index contributed by atoms with van der Waals surface area (Å²) in [6, 6.07) is 7.84. The molecule has 2 fully saturated rings. The number of rotatable bonds is 4. The number of nitrogens with two attached hydrogens (primary N) is 2. The van der Waals surface area contributed by atoms with Crippen LogP contribution in [0.4, 0.5) is 0 Å². The van der Waals surface area contributed by atoms with Crippen molar-refractivity contribution in [1.29, 1.82) is 0 Å². The Labute approximate surface area is 117 Å². The summed E-state index contributed by atoms with van der Waals surface area (Å²) in [5.41, 5.74) is 13.1. The molecule has 4 unspecified atom stereocenters. The van der Waals surface area contributed by atoms with Crippen molar-refractivity contribution < 1.29 is 18.9 Å². The molecule has 6 nitrogen and oxygen atoms in total. The summed E-state index contributed by atoms with van der Waals surface area (Å²) < 4.78 is 22.5. The summed E-state index contributed by atoms with van der Waals surface area (Å²) in [4.78, 5) is 0. The normalized spacial score (nSPS) is 33.7. The van der Waals surface area contributed by atoms with Gasteiger partial charge in [-0.3, -0.25) is 0 Å². The third-order valence-electron chi connectivity index (χ3n) is 3.51. The van der Waals surface area contributed by atoms with Crippen LogP contribution in [0.25, 0.3) is 0 Å². The van der Waals surface area contributed by atoms with Crippen LogP contribution < -0.4 is 11.5 Å². The highest BCUT2D eigenvalue weighted by Crippen LogP contribution is 2.30. The Kier molecular flexibility index (Phi) is 4.30. The lowest BCUT2D eigenvalue weighted by Crippen LogP contribution is -2.21. The molecule has 0 aliphatic carbocycles. The third-order valence-corrected chi connectivity index (χ3v) is 3.51. The van der Waals surface area contributed by atoms with Gasteiger partial charge in [-0.1, -0.05) is 24.3 Å². The van der Waals surface area contributed by atoms with Crippen LogP contribution >= 0.6 is 0 Å². The average Bonchev–Trinajstić information content (AvgIpc) is 3.16. The van der Waals surface area contributed by atoms with Gasteiger partial charge in [0.15, 0.2) is 12.6 Å². The third kappa shape index (κ3) is 2.85. The minimum absolute atomic E-state index is 0.0218. The van der Waals surface area contributed by atoms with Gasteiger partial charge < -0.3 is 30.4 Å². The highest BCUT2D eigenvalue weighted by molar-refractivity contribution is 5.25. The number of hydrogen-bond acceptors (Lipinski definition) is 6. The predicted octanol–water partition coefficient (Wildman–Crippen LogP) is 0.432. The van der Waals surface area contributed by atoms with Gasteiger partial charge in [-0.2, -0.15) is 0 Å². The van der Waals surface area contributed by atoms with Crippen molar-refractivity contribution in [2.75, 3.05) is 26.3 Å². The molecule has 1 aromatic carbocycles. The molecule has 2 aliphatic heterocycles.